The minimum absolute atomic E-state index is 0.242. The molecule has 0 aliphatic rings. The first-order valence-corrected chi connectivity index (χ1v) is 7.19. The molecule has 0 fully saturated rings. The molecule has 2 aromatic rings. The monoisotopic (exact) mass is 277 g/mol. The summed E-state index contributed by atoms with van der Waals surface area (Å²) in [5, 5.41) is 0. The highest BCUT2D eigenvalue weighted by atomic mass is 32.2. The lowest BCUT2D eigenvalue weighted by atomic mass is 10.2. The molecule has 0 aliphatic heterocycles. The fourth-order valence-corrected chi connectivity index (χ4v) is 2.92. The van der Waals surface area contributed by atoms with Crippen molar-refractivity contribution < 1.29 is 8.42 Å². The van der Waals surface area contributed by atoms with Crippen LogP contribution in [0.25, 0.3) is 0 Å². The number of benzene rings is 1. The molecule has 0 amide bonds. The van der Waals surface area contributed by atoms with Gasteiger partial charge in [-0.05, 0) is 37.1 Å². The maximum absolute atomic E-state index is 12.2. The van der Waals surface area contributed by atoms with Gasteiger partial charge in [0.2, 0.25) is 0 Å². The minimum Gasteiger partial charge on any atom is -0.397 e. The third-order valence-electron chi connectivity index (χ3n) is 2.77. The number of pyridine rings is 1. The lowest BCUT2D eigenvalue weighted by molar-refractivity contribution is 0.600. The van der Waals surface area contributed by atoms with Crippen molar-refractivity contribution in [3.63, 3.8) is 0 Å². The van der Waals surface area contributed by atoms with E-state index in [0.29, 0.717) is 11.3 Å². The molecule has 1 aromatic carbocycles. The Morgan fingerprint density at radius 2 is 1.84 bits per heavy atom. The van der Waals surface area contributed by atoms with Crippen LogP contribution in [0, 0.1) is 13.8 Å². The number of nitrogens with one attached hydrogen (secondary N) is 1. The number of nitrogen functional groups attached to an aromatic ring is 1. The van der Waals surface area contributed by atoms with Gasteiger partial charge < -0.3 is 5.73 Å². The van der Waals surface area contributed by atoms with Crippen LogP contribution in [0.1, 0.15) is 11.1 Å². The zero-order chi connectivity index (χ0) is 14.0. The number of aromatic nitrogens is 1. The summed E-state index contributed by atoms with van der Waals surface area (Å²) in [6.07, 6.45) is 1.44. The molecule has 3 N–H and O–H groups in total. The molecular weight excluding hydrogens is 262 g/mol. The minimum atomic E-state index is -3.63. The first-order valence-electron chi connectivity index (χ1n) is 5.71. The Morgan fingerprint density at radius 1 is 1.16 bits per heavy atom. The van der Waals surface area contributed by atoms with E-state index in [2.05, 4.69) is 9.71 Å². The second-order valence-corrected chi connectivity index (χ2v) is 5.95. The molecule has 0 saturated carbocycles. The molecule has 0 bridgehead atoms. The quantitative estimate of drug-likeness (QED) is 0.899. The Morgan fingerprint density at radius 3 is 2.47 bits per heavy atom. The summed E-state index contributed by atoms with van der Waals surface area (Å²) in [5.74, 6) is 0.259. The third kappa shape index (κ3) is 2.85. The normalized spacial score (nSPS) is 11.3. The van der Waals surface area contributed by atoms with Gasteiger partial charge in [-0.1, -0.05) is 18.2 Å². The van der Waals surface area contributed by atoms with E-state index < -0.39 is 10.0 Å². The first-order chi connectivity index (χ1) is 8.90. The Balaban J connectivity index is 2.37. The molecule has 19 heavy (non-hydrogen) atoms. The summed E-state index contributed by atoms with van der Waals surface area (Å²) in [6.45, 7) is 3.54. The van der Waals surface area contributed by atoms with E-state index in [0.717, 1.165) is 5.56 Å². The predicted molar refractivity (Wildman–Crippen MR) is 75.4 cm³/mol. The summed E-state index contributed by atoms with van der Waals surface area (Å²) in [6, 6.07) is 8.38. The van der Waals surface area contributed by atoms with Gasteiger partial charge in [-0.2, -0.15) is 0 Å². The van der Waals surface area contributed by atoms with Crippen molar-refractivity contribution in [2.75, 3.05) is 10.5 Å². The van der Waals surface area contributed by atoms with Crippen LogP contribution in [0.4, 0.5) is 11.5 Å². The van der Waals surface area contributed by atoms with Gasteiger partial charge in [-0.15, -0.1) is 0 Å². The zero-order valence-corrected chi connectivity index (χ0v) is 11.5. The number of hydrogen-bond donors (Lipinski definition) is 2. The van der Waals surface area contributed by atoms with Gasteiger partial charge in [-0.3, -0.25) is 4.72 Å². The van der Waals surface area contributed by atoms with Crippen molar-refractivity contribution in [3.05, 3.63) is 47.7 Å². The highest BCUT2D eigenvalue weighted by Crippen LogP contribution is 2.19. The van der Waals surface area contributed by atoms with Crippen LogP contribution in [-0.2, 0) is 10.0 Å². The zero-order valence-electron chi connectivity index (χ0n) is 10.7. The smallest absolute Gasteiger partial charge is 0.263 e. The predicted octanol–water partition coefficient (Wildman–Crippen LogP) is 2.08. The lowest BCUT2D eigenvalue weighted by Gasteiger charge is -2.10. The topological polar surface area (TPSA) is 85.1 Å². The molecule has 5 nitrogen and oxygen atoms in total. The number of aryl methyl sites for hydroxylation is 2. The molecule has 6 heteroatoms. The molecule has 2 rings (SSSR count). The van der Waals surface area contributed by atoms with Gasteiger partial charge in [0, 0.05) is 0 Å². The van der Waals surface area contributed by atoms with Gasteiger partial charge in [-0.25, -0.2) is 13.4 Å². The Kier molecular flexibility index (Phi) is 3.44. The van der Waals surface area contributed by atoms with Crippen LogP contribution >= 0.6 is 0 Å². The van der Waals surface area contributed by atoms with Crippen LogP contribution in [0.2, 0.25) is 0 Å². The molecular formula is C13H15N3O2S. The van der Waals surface area contributed by atoms with Crippen LogP contribution < -0.4 is 10.5 Å². The maximum atomic E-state index is 12.2. The number of hydrogen-bond acceptors (Lipinski definition) is 4. The number of rotatable bonds is 3. The molecule has 0 spiro atoms. The van der Waals surface area contributed by atoms with Crippen molar-refractivity contribution in [3.8, 4) is 0 Å². The largest absolute Gasteiger partial charge is 0.397 e. The van der Waals surface area contributed by atoms with E-state index in [1.807, 2.05) is 0 Å². The van der Waals surface area contributed by atoms with Gasteiger partial charge in [0.25, 0.3) is 10.0 Å². The third-order valence-corrected chi connectivity index (χ3v) is 4.29. The highest BCUT2D eigenvalue weighted by Gasteiger charge is 2.17. The van der Waals surface area contributed by atoms with E-state index in [1.54, 1.807) is 44.2 Å². The van der Waals surface area contributed by atoms with Crippen LogP contribution in [-0.4, -0.2) is 13.4 Å². The van der Waals surface area contributed by atoms with Gasteiger partial charge >= 0.3 is 0 Å². The van der Waals surface area contributed by atoms with Crippen molar-refractivity contribution in [1.29, 1.82) is 0 Å². The van der Waals surface area contributed by atoms with E-state index in [9.17, 15) is 8.42 Å². The molecule has 1 aromatic heterocycles. The summed E-state index contributed by atoms with van der Waals surface area (Å²) in [7, 11) is -3.63. The number of anilines is 2. The van der Waals surface area contributed by atoms with Crippen molar-refractivity contribution in [1.82, 2.24) is 4.98 Å². The van der Waals surface area contributed by atoms with Crippen molar-refractivity contribution >= 4 is 21.5 Å². The summed E-state index contributed by atoms with van der Waals surface area (Å²) >= 11 is 0. The Hall–Kier alpha value is -2.08. The highest BCUT2D eigenvalue weighted by molar-refractivity contribution is 7.92. The van der Waals surface area contributed by atoms with Gasteiger partial charge in [0.15, 0.2) is 0 Å². The second-order valence-electron chi connectivity index (χ2n) is 4.30. The molecule has 0 atom stereocenters. The molecule has 0 aliphatic carbocycles. The Labute approximate surface area is 112 Å². The van der Waals surface area contributed by atoms with E-state index in [1.165, 1.54) is 6.20 Å². The summed E-state index contributed by atoms with van der Waals surface area (Å²) in [4.78, 5) is 4.21. The van der Waals surface area contributed by atoms with Crippen LogP contribution in [0.5, 0.6) is 0 Å². The molecule has 100 valence electrons. The molecule has 0 saturated heterocycles. The SMILES string of the molecule is Cc1cc(NS(=O)(=O)c2ccccc2C)ncc1N. The van der Waals surface area contributed by atoms with E-state index >= 15 is 0 Å². The maximum Gasteiger partial charge on any atom is 0.263 e. The second kappa shape index (κ2) is 4.89. The van der Waals surface area contributed by atoms with Crippen LogP contribution in [0.3, 0.4) is 0 Å². The van der Waals surface area contributed by atoms with Crippen molar-refractivity contribution in [2.24, 2.45) is 0 Å². The number of sulfonamides is 1. The van der Waals surface area contributed by atoms with E-state index in [-0.39, 0.29) is 10.7 Å². The average molecular weight is 277 g/mol. The average Bonchev–Trinajstić information content (AvgIpc) is 2.34. The molecule has 0 unspecified atom stereocenters. The van der Waals surface area contributed by atoms with Gasteiger partial charge in [0.05, 0.1) is 16.8 Å². The number of nitrogens with zero attached hydrogens (tertiary/aromatic N) is 1. The molecule has 1 heterocycles. The summed E-state index contributed by atoms with van der Waals surface area (Å²) < 4.78 is 26.9. The first kappa shape index (κ1) is 13.4. The number of nitrogens with two attached hydrogens (primary N) is 1. The standard InChI is InChI=1S/C13H15N3O2S/c1-9-5-3-4-6-12(9)19(17,18)16-13-7-10(2)11(14)8-15-13/h3-8H,14H2,1-2H3,(H,15,16). The van der Waals surface area contributed by atoms with Crippen molar-refractivity contribution in [2.45, 2.75) is 18.7 Å². The fourth-order valence-electron chi connectivity index (χ4n) is 1.67. The van der Waals surface area contributed by atoms with Crippen LogP contribution in [0.15, 0.2) is 41.4 Å². The lowest BCUT2D eigenvalue weighted by Crippen LogP contribution is -2.15. The Bertz CT molecular complexity index is 712. The van der Waals surface area contributed by atoms with E-state index in [4.69, 9.17) is 5.73 Å². The summed E-state index contributed by atoms with van der Waals surface area (Å²) in [5.41, 5.74) is 7.63. The molecule has 0 radical (unpaired) electrons. The van der Waals surface area contributed by atoms with Gasteiger partial charge in [0.1, 0.15) is 5.82 Å². The fraction of sp³-hybridized carbons (Fsp3) is 0.154.